The Morgan fingerprint density at radius 2 is 1.56 bits per heavy atom. The zero-order valence-electron chi connectivity index (χ0n) is 24.0. The topological polar surface area (TPSA) is 120 Å². The normalized spacial score (nSPS) is 19.8. The minimum atomic E-state index is -2.21. The number of methoxy groups -OCH3 is 1. The van der Waals surface area contributed by atoms with Gasteiger partial charge in [-0.1, -0.05) is 15.9 Å². The molecule has 2 amide bonds. The van der Waals surface area contributed by atoms with Gasteiger partial charge in [-0.2, -0.15) is 0 Å². The third-order valence-electron chi connectivity index (χ3n) is 7.48. The number of hydrogen-bond donors (Lipinski definition) is 2. The summed E-state index contributed by atoms with van der Waals surface area (Å²) >= 11 is 4.81. The number of thioether (sulfide) groups is 1. The molecule has 12 heteroatoms. The molecule has 5 rings (SSSR count). The fourth-order valence-electron chi connectivity index (χ4n) is 5.12. The number of benzene rings is 3. The van der Waals surface area contributed by atoms with Gasteiger partial charge in [0.05, 0.1) is 0 Å². The number of fused-ring (bicyclic) bond motifs is 1. The van der Waals surface area contributed by atoms with E-state index in [1.807, 2.05) is 38.1 Å². The van der Waals surface area contributed by atoms with Crippen LogP contribution in [0.5, 0.6) is 0 Å². The van der Waals surface area contributed by atoms with Gasteiger partial charge in [-0.05, 0) is 0 Å². The third-order valence-corrected chi connectivity index (χ3v) is 12.2. The van der Waals surface area contributed by atoms with E-state index in [1.54, 1.807) is 0 Å². The average molecular weight is 687 g/mol. The molecule has 0 spiro atoms. The molecule has 3 N–H and O–H groups in total. The van der Waals surface area contributed by atoms with E-state index in [9.17, 15) is 14.4 Å². The Bertz CT molecular complexity index is 1510. The van der Waals surface area contributed by atoms with Crippen LogP contribution in [0.1, 0.15) is 16.7 Å². The molecule has 3 aromatic rings. The number of carbonyl (C=O) groups excluding carboxylic acids is 3. The quantitative estimate of drug-likeness (QED) is 0.143. The molecule has 0 bridgehead atoms. The van der Waals surface area contributed by atoms with E-state index in [0.717, 1.165) is 31.8 Å². The maximum absolute atomic E-state index is 14.1. The first-order valence-electron chi connectivity index (χ1n) is 13.6. The minimum absolute atomic E-state index is 0.00289. The predicted octanol–water partition coefficient (Wildman–Crippen LogP) is 3.82. The number of amides is 2. The van der Waals surface area contributed by atoms with Gasteiger partial charge in [-0.25, -0.2) is 0 Å². The third kappa shape index (κ3) is 6.51. The molecule has 1 fully saturated rings. The second-order valence-corrected chi connectivity index (χ2v) is 14.9. The number of nitrogens with zero attached hydrogens (tertiary/aromatic N) is 1. The molecule has 0 aliphatic carbocycles. The fourth-order valence-corrected chi connectivity index (χ4v) is 9.63. The number of primary amides is 1. The first-order valence-corrected chi connectivity index (χ1v) is 17.2. The number of nitrogens with two attached hydrogens (primary N) is 1. The van der Waals surface area contributed by atoms with Crippen LogP contribution in [-0.4, -0.2) is 53.4 Å². The standard InChI is InChI=1S/C31H33BrN3O6PS/c1-19-4-12-24(13-5-19)42(25-14-6-20(2)7-15-25)34-31(39-3)28(37)35-26(22(17-41-30(33)38)18-43-29(31)35)27(36)40-16-21-8-10-23(32)11-9-21/h4-15,29,34H,16-18,42H2,1-3H3,(H2,33,38)/t29-,31-/m0/s1. The molecule has 0 saturated carbocycles. The number of carbonyl (C=O) groups is 3. The van der Waals surface area contributed by atoms with E-state index < -0.39 is 37.1 Å². The first-order chi connectivity index (χ1) is 20.6. The molecule has 0 aromatic heterocycles. The molecule has 43 heavy (non-hydrogen) atoms. The Labute approximate surface area is 264 Å². The van der Waals surface area contributed by atoms with Crippen molar-refractivity contribution in [2.24, 2.45) is 5.73 Å². The summed E-state index contributed by atoms with van der Waals surface area (Å²) in [6.07, 6.45) is -0.977. The van der Waals surface area contributed by atoms with Crippen molar-refractivity contribution in [3.05, 3.63) is 105 Å². The Hall–Kier alpha value is -3.21. The summed E-state index contributed by atoms with van der Waals surface area (Å²) in [5.74, 6) is -0.810. The van der Waals surface area contributed by atoms with Gasteiger partial charge in [0, 0.05) is 0 Å². The van der Waals surface area contributed by atoms with E-state index in [0.29, 0.717) is 11.3 Å². The predicted molar refractivity (Wildman–Crippen MR) is 174 cm³/mol. The molecule has 2 aliphatic rings. The molecule has 2 aliphatic heterocycles. The van der Waals surface area contributed by atoms with E-state index in [1.165, 1.54) is 23.8 Å². The van der Waals surface area contributed by atoms with E-state index >= 15 is 0 Å². The molecular formula is C31H33BrN3O6PS. The maximum atomic E-state index is 14.1. The number of nitrogens with one attached hydrogen (secondary N) is 1. The van der Waals surface area contributed by atoms with Crippen molar-refractivity contribution >= 4 is 64.3 Å². The Kier molecular flexibility index (Phi) is 9.58. The summed E-state index contributed by atoms with van der Waals surface area (Å²) in [5.41, 5.74) is 7.36. The van der Waals surface area contributed by atoms with Gasteiger partial charge in [-0.3, -0.25) is 0 Å². The van der Waals surface area contributed by atoms with Crippen molar-refractivity contribution in [3.63, 3.8) is 0 Å². The Morgan fingerprint density at radius 3 is 2.09 bits per heavy atom. The second kappa shape index (κ2) is 13.2. The summed E-state index contributed by atoms with van der Waals surface area (Å²) in [4.78, 5) is 40.5. The second-order valence-electron chi connectivity index (χ2n) is 10.4. The molecule has 3 aromatic carbocycles. The van der Waals surface area contributed by atoms with Crippen molar-refractivity contribution in [2.45, 2.75) is 31.6 Å². The number of hydrogen-bond acceptors (Lipinski definition) is 8. The summed E-state index contributed by atoms with van der Waals surface area (Å²) in [6.45, 7) is 3.83. The molecular weight excluding hydrogens is 653 g/mol. The van der Waals surface area contributed by atoms with Crippen molar-refractivity contribution in [3.8, 4) is 0 Å². The Balaban J connectivity index is 1.46. The molecule has 9 nitrogen and oxygen atoms in total. The molecule has 226 valence electrons. The van der Waals surface area contributed by atoms with Crippen molar-refractivity contribution in [1.82, 2.24) is 9.99 Å². The summed E-state index contributed by atoms with van der Waals surface area (Å²) in [6, 6.07) is 23.9. The van der Waals surface area contributed by atoms with Gasteiger partial charge in [0.15, 0.2) is 0 Å². The zero-order chi connectivity index (χ0) is 30.7. The fraction of sp³-hybridized carbons (Fsp3) is 0.258. The average Bonchev–Trinajstić information content (AvgIpc) is 3.00. The molecule has 0 unspecified atom stereocenters. The summed E-state index contributed by atoms with van der Waals surface area (Å²) in [7, 11) is -0.710. The van der Waals surface area contributed by atoms with Crippen LogP contribution in [0.4, 0.5) is 4.79 Å². The van der Waals surface area contributed by atoms with E-state index in [2.05, 4.69) is 69.5 Å². The van der Waals surface area contributed by atoms with Crippen molar-refractivity contribution in [2.75, 3.05) is 19.5 Å². The van der Waals surface area contributed by atoms with Crippen LogP contribution in [0.15, 0.2) is 88.5 Å². The van der Waals surface area contributed by atoms with Crippen LogP contribution in [-0.2, 0) is 30.4 Å². The van der Waals surface area contributed by atoms with Crippen molar-refractivity contribution in [1.29, 1.82) is 0 Å². The summed E-state index contributed by atoms with van der Waals surface area (Å²) < 4.78 is 17.6. The van der Waals surface area contributed by atoms with Gasteiger partial charge < -0.3 is 0 Å². The van der Waals surface area contributed by atoms with Gasteiger partial charge in [0.25, 0.3) is 0 Å². The number of aryl methyl sites for hydroxylation is 2. The van der Waals surface area contributed by atoms with Crippen LogP contribution >= 0.6 is 35.8 Å². The van der Waals surface area contributed by atoms with Gasteiger partial charge >= 0.3 is 249 Å². The number of β-lactam (4-membered cyclic amide) rings is 1. The van der Waals surface area contributed by atoms with E-state index in [-0.39, 0.29) is 18.9 Å². The molecule has 2 heterocycles. The number of ether oxygens (including phenoxy) is 3. The van der Waals surface area contributed by atoms with E-state index in [4.69, 9.17) is 19.9 Å². The molecule has 0 radical (unpaired) electrons. The van der Waals surface area contributed by atoms with Crippen molar-refractivity contribution < 1.29 is 28.6 Å². The number of halogens is 1. The zero-order valence-corrected chi connectivity index (χ0v) is 27.5. The monoisotopic (exact) mass is 685 g/mol. The number of esters is 1. The Morgan fingerprint density at radius 1 is 0.977 bits per heavy atom. The van der Waals surface area contributed by atoms with Crippen LogP contribution in [0, 0.1) is 13.8 Å². The van der Waals surface area contributed by atoms with Crippen LogP contribution in [0.25, 0.3) is 0 Å². The van der Waals surface area contributed by atoms with Crippen LogP contribution in [0.3, 0.4) is 0 Å². The SMILES string of the molecule is CO[C@@]1(N[PH2](c2ccc(C)cc2)c2ccc(C)cc2)C(=O)N2C(C(=O)OCc3ccc(Br)cc3)=C(COC(N)=O)CS[C@H]21. The first kappa shape index (κ1) is 31.2. The van der Waals surface area contributed by atoms with Gasteiger partial charge in [-0.15, -0.1) is 0 Å². The van der Waals surface area contributed by atoms with Gasteiger partial charge in [0.2, 0.25) is 0 Å². The molecule has 2 atom stereocenters. The van der Waals surface area contributed by atoms with Gasteiger partial charge in [0.1, 0.15) is 0 Å². The number of rotatable bonds is 10. The van der Waals surface area contributed by atoms with Crippen LogP contribution < -0.4 is 21.4 Å². The molecule has 1 saturated heterocycles. The van der Waals surface area contributed by atoms with Crippen LogP contribution in [0.2, 0.25) is 0 Å². The summed E-state index contributed by atoms with van der Waals surface area (Å²) in [5, 5.41) is 5.27.